The number of aromatic nitrogens is 2. The van der Waals surface area contributed by atoms with Gasteiger partial charge < -0.3 is 5.73 Å². The van der Waals surface area contributed by atoms with Crippen molar-refractivity contribution in [2.24, 2.45) is 0 Å². The number of nitrogens with zero attached hydrogens (tertiary/aromatic N) is 2. The summed E-state index contributed by atoms with van der Waals surface area (Å²) in [6.07, 6.45) is 5.60. The first-order valence-electron chi connectivity index (χ1n) is 10.1. The second-order valence-electron chi connectivity index (χ2n) is 7.19. The average Bonchev–Trinajstić information content (AvgIpc) is 2.76. The van der Waals surface area contributed by atoms with Crippen LogP contribution in [0.2, 0.25) is 0 Å². The van der Waals surface area contributed by atoms with Crippen molar-refractivity contribution < 1.29 is 14.2 Å². The molecule has 1 aromatic heterocycles. The molecule has 3 aromatic rings. The molecule has 8 heteroatoms. The Hall–Kier alpha value is -2.16. The van der Waals surface area contributed by atoms with Crippen molar-refractivity contribution in [3.05, 3.63) is 59.3 Å². The minimum absolute atomic E-state index is 0.607. The Kier molecular flexibility index (Phi) is 8.68. The second-order valence-corrected chi connectivity index (χ2v) is 9.42. The van der Waals surface area contributed by atoms with Gasteiger partial charge in [-0.25, -0.2) is 0 Å². The fourth-order valence-corrected chi connectivity index (χ4v) is 5.03. The van der Waals surface area contributed by atoms with Gasteiger partial charge in [0.05, 0.1) is 0 Å². The molecule has 0 bridgehead atoms. The van der Waals surface area contributed by atoms with Gasteiger partial charge in [0.1, 0.15) is 0 Å². The van der Waals surface area contributed by atoms with E-state index in [9.17, 15) is 0 Å². The molecule has 0 spiro atoms. The SMILES string of the molecule is COc1cc(Cc2cnc([AsH2])nc2[AsH2])cc(OCCCCc2ccc(N)cc2)c1OC. The summed E-state index contributed by atoms with van der Waals surface area (Å²) < 4.78 is 19.1. The molecule has 0 fully saturated rings. The van der Waals surface area contributed by atoms with E-state index in [-0.39, 0.29) is 0 Å². The summed E-state index contributed by atoms with van der Waals surface area (Å²) in [5.41, 5.74) is 10.0. The molecule has 1 heterocycles. The molecular formula is C23H29As2N3O3. The number of hydrogen-bond donors (Lipinski definition) is 1. The zero-order valence-corrected chi connectivity index (χ0v) is 22.8. The van der Waals surface area contributed by atoms with E-state index >= 15 is 0 Å². The van der Waals surface area contributed by atoms with Gasteiger partial charge in [-0.3, -0.25) is 0 Å². The molecule has 0 saturated carbocycles. The topological polar surface area (TPSA) is 79.5 Å². The number of methoxy groups -OCH3 is 2. The van der Waals surface area contributed by atoms with Crippen LogP contribution in [-0.2, 0) is 12.8 Å². The number of aryl methyl sites for hydroxylation is 1. The van der Waals surface area contributed by atoms with Crippen molar-refractivity contribution in [3.63, 3.8) is 0 Å². The van der Waals surface area contributed by atoms with Crippen LogP contribution in [0.4, 0.5) is 5.69 Å². The number of benzene rings is 2. The van der Waals surface area contributed by atoms with Gasteiger partial charge in [-0.1, -0.05) is 12.1 Å². The van der Waals surface area contributed by atoms with E-state index in [1.54, 1.807) is 14.2 Å². The van der Waals surface area contributed by atoms with Crippen molar-refractivity contribution in [1.29, 1.82) is 0 Å². The van der Waals surface area contributed by atoms with Crippen LogP contribution in [0.5, 0.6) is 17.2 Å². The number of rotatable bonds is 10. The van der Waals surface area contributed by atoms with E-state index in [0.29, 0.717) is 30.3 Å². The summed E-state index contributed by atoms with van der Waals surface area (Å²) >= 11 is 2.94. The third kappa shape index (κ3) is 6.66. The van der Waals surface area contributed by atoms with Gasteiger partial charge in [0.2, 0.25) is 0 Å². The van der Waals surface area contributed by atoms with Gasteiger partial charge in [0.15, 0.2) is 0 Å². The number of ether oxygens (including phenoxy) is 3. The first-order valence-corrected chi connectivity index (χ1v) is 12.5. The van der Waals surface area contributed by atoms with Crippen molar-refractivity contribution in [2.75, 3.05) is 26.6 Å². The van der Waals surface area contributed by atoms with Gasteiger partial charge in [-0.15, -0.1) is 0 Å². The minimum atomic E-state index is 0.607. The molecule has 0 amide bonds. The molecule has 164 valence electrons. The van der Waals surface area contributed by atoms with E-state index in [0.717, 1.165) is 45.2 Å². The van der Waals surface area contributed by atoms with Crippen LogP contribution in [0.25, 0.3) is 0 Å². The summed E-state index contributed by atoms with van der Waals surface area (Å²) in [6, 6.07) is 12.0. The molecule has 2 unspecified atom stereocenters. The number of hydrogen-bond acceptors (Lipinski definition) is 6. The molecule has 2 N–H and O–H groups in total. The number of nitrogen functional groups attached to an aromatic ring is 1. The standard InChI is InChI=1S/C23H29As2N3O3/c1-29-19-12-16(11-17-14-27-23(25)28-22(17)24)13-20(21(19)30-2)31-10-4-3-5-15-6-8-18(26)9-7-15/h6-9,12-14H,3-5,10-11,24-26H2,1-2H3. The van der Waals surface area contributed by atoms with Crippen LogP contribution in [0.1, 0.15) is 29.5 Å². The van der Waals surface area contributed by atoms with Crippen molar-refractivity contribution >= 4 is 48.5 Å². The number of unbranched alkanes of at least 4 members (excludes halogenated alkanes) is 1. The number of nitrogens with two attached hydrogens (primary N) is 1. The van der Waals surface area contributed by atoms with Crippen LogP contribution < -0.4 is 29.0 Å². The van der Waals surface area contributed by atoms with E-state index in [4.69, 9.17) is 19.9 Å². The average molecular weight is 545 g/mol. The first-order chi connectivity index (χ1) is 15.0. The molecule has 0 aliphatic carbocycles. The van der Waals surface area contributed by atoms with Crippen LogP contribution >= 0.6 is 0 Å². The fourth-order valence-electron chi connectivity index (χ4n) is 3.28. The monoisotopic (exact) mass is 545 g/mol. The van der Waals surface area contributed by atoms with Crippen LogP contribution in [-0.4, -0.2) is 64.5 Å². The molecule has 0 aliphatic rings. The molecule has 2 atom stereocenters. The molecule has 31 heavy (non-hydrogen) atoms. The normalized spacial score (nSPS) is 10.7. The third-order valence-corrected chi connectivity index (χ3v) is 6.55. The van der Waals surface area contributed by atoms with Gasteiger partial charge in [0.25, 0.3) is 0 Å². The van der Waals surface area contributed by atoms with E-state index in [1.165, 1.54) is 39.3 Å². The maximum absolute atomic E-state index is 6.11. The van der Waals surface area contributed by atoms with E-state index in [2.05, 4.69) is 22.1 Å². The maximum atomic E-state index is 6.11. The Morgan fingerprint density at radius 2 is 1.68 bits per heavy atom. The molecular weight excluding hydrogens is 516 g/mol. The fraction of sp³-hybridized carbons (Fsp3) is 0.304. The molecule has 0 aliphatic heterocycles. The summed E-state index contributed by atoms with van der Waals surface area (Å²) in [5, 5.41) is 0. The molecule has 0 radical (unpaired) electrons. The Balaban J connectivity index is 1.66. The van der Waals surface area contributed by atoms with Crippen LogP contribution in [0.15, 0.2) is 42.6 Å². The summed E-state index contributed by atoms with van der Waals surface area (Å²) in [7, 11) is 3.27. The molecule has 0 saturated heterocycles. The summed E-state index contributed by atoms with van der Waals surface area (Å²) in [5.74, 6) is 1.98. The predicted molar refractivity (Wildman–Crippen MR) is 130 cm³/mol. The Labute approximate surface area is 200 Å². The zero-order valence-electron chi connectivity index (χ0n) is 17.9. The van der Waals surface area contributed by atoms with Gasteiger partial charge in [0, 0.05) is 5.69 Å². The molecule has 6 nitrogen and oxygen atoms in total. The van der Waals surface area contributed by atoms with E-state index in [1.807, 2.05) is 30.5 Å². The Morgan fingerprint density at radius 3 is 2.35 bits per heavy atom. The third-order valence-electron chi connectivity index (χ3n) is 4.91. The van der Waals surface area contributed by atoms with Crippen LogP contribution in [0, 0.1) is 0 Å². The quantitative estimate of drug-likeness (QED) is 0.228. The van der Waals surface area contributed by atoms with Gasteiger partial charge in [-0.05, 0) is 12.1 Å². The van der Waals surface area contributed by atoms with Crippen LogP contribution in [0.3, 0.4) is 0 Å². The van der Waals surface area contributed by atoms with Gasteiger partial charge >= 0.3 is 166 Å². The Bertz CT molecular complexity index is 1010. The van der Waals surface area contributed by atoms with Crippen molar-refractivity contribution in [2.45, 2.75) is 25.7 Å². The second kappa shape index (κ2) is 11.5. The zero-order chi connectivity index (χ0) is 22.2. The molecule has 3 rings (SSSR count). The van der Waals surface area contributed by atoms with Gasteiger partial charge in [-0.2, -0.15) is 0 Å². The van der Waals surface area contributed by atoms with E-state index < -0.39 is 0 Å². The Morgan fingerprint density at radius 1 is 0.935 bits per heavy atom. The summed E-state index contributed by atoms with van der Waals surface area (Å²) in [4.78, 5) is 8.89. The van der Waals surface area contributed by atoms with Crippen molar-refractivity contribution in [1.82, 2.24) is 9.97 Å². The predicted octanol–water partition coefficient (Wildman–Crippen LogP) is 0.585. The van der Waals surface area contributed by atoms with Crippen molar-refractivity contribution in [3.8, 4) is 17.2 Å². The molecule has 2 aromatic carbocycles. The number of anilines is 1. The first kappa shape index (κ1) is 23.5. The summed E-state index contributed by atoms with van der Waals surface area (Å²) in [6.45, 7) is 0.607.